The third-order valence-electron chi connectivity index (χ3n) is 1.21. The molecule has 0 saturated heterocycles. The van der Waals surface area contributed by atoms with E-state index in [9.17, 15) is 4.79 Å². The van der Waals surface area contributed by atoms with Crippen LogP contribution in [0.25, 0.3) is 0 Å². The third-order valence-corrected chi connectivity index (χ3v) is 1.93. The van der Waals surface area contributed by atoms with Crippen molar-refractivity contribution >= 4 is 22.7 Å². The van der Waals surface area contributed by atoms with Gasteiger partial charge in [-0.3, -0.25) is 5.43 Å². The van der Waals surface area contributed by atoms with Gasteiger partial charge in [0, 0.05) is 25.6 Å². The van der Waals surface area contributed by atoms with Gasteiger partial charge in [-0.1, -0.05) is 0 Å². The highest BCUT2D eigenvalue weighted by molar-refractivity contribution is 7.09. The van der Waals surface area contributed by atoms with Crippen LogP contribution >= 0.6 is 11.5 Å². The maximum atomic E-state index is 11.0. The number of rotatable bonds is 2. The van der Waals surface area contributed by atoms with Gasteiger partial charge in [0.1, 0.15) is 5.82 Å². The molecule has 72 valence electrons. The maximum Gasteiger partial charge on any atom is 0.335 e. The van der Waals surface area contributed by atoms with E-state index in [1.165, 1.54) is 16.4 Å². The summed E-state index contributed by atoms with van der Waals surface area (Å²) >= 11 is 1.20. The van der Waals surface area contributed by atoms with Crippen molar-refractivity contribution in [3.8, 4) is 0 Å². The van der Waals surface area contributed by atoms with E-state index >= 15 is 0 Å². The number of carbonyl (C=O) groups is 1. The lowest BCUT2D eigenvalue weighted by molar-refractivity contribution is 0.219. The van der Waals surface area contributed by atoms with Crippen LogP contribution in [0.4, 0.5) is 9.93 Å². The first-order valence-corrected chi connectivity index (χ1v) is 4.40. The normalized spacial score (nSPS) is 9.46. The molecule has 7 heteroatoms. The van der Waals surface area contributed by atoms with Crippen molar-refractivity contribution in [3.63, 3.8) is 0 Å². The Morgan fingerprint density at radius 2 is 2.23 bits per heavy atom. The smallest absolute Gasteiger partial charge is 0.330 e. The van der Waals surface area contributed by atoms with E-state index in [4.69, 9.17) is 0 Å². The summed E-state index contributed by atoms with van der Waals surface area (Å²) in [5.41, 5.74) is 5.11. The van der Waals surface area contributed by atoms with Gasteiger partial charge >= 0.3 is 6.03 Å². The average molecular weight is 201 g/mol. The van der Waals surface area contributed by atoms with Crippen LogP contribution in [0.2, 0.25) is 0 Å². The Hall–Kier alpha value is -1.37. The van der Waals surface area contributed by atoms with Crippen molar-refractivity contribution in [2.24, 2.45) is 0 Å². The molecule has 13 heavy (non-hydrogen) atoms. The molecular formula is C6H11N5OS. The number of hydrazine groups is 1. The van der Waals surface area contributed by atoms with Crippen LogP contribution in [0.3, 0.4) is 0 Å². The lowest BCUT2D eigenvalue weighted by atomic mass is 10.7. The summed E-state index contributed by atoms with van der Waals surface area (Å²) in [6, 6.07) is -0.229. The fourth-order valence-electron chi connectivity index (χ4n) is 0.567. The van der Waals surface area contributed by atoms with Gasteiger partial charge in [-0.2, -0.15) is 4.37 Å². The van der Waals surface area contributed by atoms with Crippen LogP contribution in [0.1, 0.15) is 5.82 Å². The summed E-state index contributed by atoms with van der Waals surface area (Å²) in [6.07, 6.45) is 0. The molecule has 0 aliphatic rings. The summed E-state index contributed by atoms with van der Waals surface area (Å²) in [7, 11) is 3.31. The molecule has 2 N–H and O–H groups in total. The Kier molecular flexibility index (Phi) is 3.02. The van der Waals surface area contributed by atoms with Gasteiger partial charge in [0.25, 0.3) is 0 Å². The number of anilines is 1. The summed E-state index contributed by atoms with van der Waals surface area (Å²) < 4.78 is 3.94. The highest BCUT2D eigenvalue weighted by atomic mass is 32.1. The van der Waals surface area contributed by atoms with Gasteiger partial charge in [-0.15, -0.1) is 0 Å². The topological polar surface area (TPSA) is 70.2 Å². The molecule has 0 aliphatic heterocycles. The van der Waals surface area contributed by atoms with E-state index in [-0.39, 0.29) is 6.03 Å². The molecule has 1 rings (SSSR count). The minimum Gasteiger partial charge on any atom is -0.330 e. The number of nitrogens with one attached hydrogen (secondary N) is 2. The van der Waals surface area contributed by atoms with Crippen LogP contribution in [0.5, 0.6) is 0 Å². The van der Waals surface area contributed by atoms with E-state index < -0.39 is 0 Å². The highest BCUT2D eigenvalue weighted by Gasteiger charge is 2.03. The molecule has 0 saturated carbocycles. The number of hydrogen-bond donors (Lipinski definition) is 2. The Morgan fingerprint density at radius 1 is 1.54 bits per heavy atom. The van der Waals surface area contributed by atoms with Crippen molar-refractivity contribution in [3.05, 3.63) is 5.82 Å². The molecule has 0 fully saturated rings. The minimum absolute atomic E-state index is 0.229. The third kappa shape index (κ3) is 2.86. The largest absolute Gasteiger partial charge is 0.335 e. The molecule has 0 bridgehead atoms. The van der Waals surface area contributed by atoms with Crippen molar-refractivity contribution in [1.82, 2.24) is 19.7 Å². The molecule has 0 atom stereocenters. The van der Waals surface area contributed by atoms with Crippen LogP contribution in [-0.4, -0.2) is 34.4 Å². The Bertz CT molecular complexity index is 297. The summed E-state index contributed by atoms with van der Waals surface area (Å²) in [6.45, 7) is 1.79. The summed E-state index contributed by atoms with van der Waals surface area (Å²) in [5, 5.41) is 0.577. The lowest BCUT2D eigenvalue weighted by Crippen LogP contribution is -2.38. The predicted octanol–water partition coefficient (Wildman–Crippen LogP) is 0.445. The zero-order valence-corrected chi connectivity index (χ0v) is 8.47. The Balaban J connectivity index is 2.39. The van der Waals surface area contributed by atoms with Gasteiger partial charge in [-0.05, 0) is 6.92 Å². The van der Waals surface area contributed by atoms with Crippen LogP contribution in [-0.2, 0) is 0 Å². The van der Waals surface area contributed by atoms with Crippen molar-refractivity contribution < 1.29 is 4.79 Å². The molecule has 0 unspecified atom stereocenters. The molecule has 0 aromatic carbocycles. The zero-order valence-electron chi connectivity index (χ0n) is 7.66. The number of carbonyl (C=O) groups excluding carboxylic acids is 1. The fraction of sp³-hybridized carbons (Fsp3) is 0.500. The molecule has 6 nitrogen and oxygen atoms in total. The molecular weight excluding hydrogens is 190 g/mol. The predicted molar refractivity (Wildman–Crippen MR) is 50.5 cm³/mol. The quantitative estimate of drug-likeness (QED) is 0.681. The average Bonchev–Trinajstić information content (AvgIpc) is 2.47. The maximum absolute atomic E-state index is 11.0. The Morgan fingerprint density at radius 3 is 2.69 bits per heavy atom. The highest BCUT2D eigenvalue weighted by Crippen LogP contribution is 2.07. The molecule has 1 heterocycles. The molecule has 0 radical (unpaired) electrons. The van der Waals surface area contributed by atoms with Gasteiger partial charge in [-0.25, -0.2) is 15.2 Å². The SMILES string of the molecule is Cc1nsc(NNC(=O)N(C)C)n1. The van der Waals surface area contributed by atoms with Crippen LogP contribution in [0, 0.1) is 6.92 Å². The lowest BCUT2D eigenvalue weighted by Gasteiger charge is -2.11. The first-order chi connectivity index (χ1) is 6.09. The summed E-state index contributed by atoms with van der Waals surface area (Å²) in [4.78, 5) is 16.5. The fourth-order valence-corrected chi connectivity index (χ4v) is 1.10. The summed E-state index contributed by atoms with van der Waals surface area (Å²) in [5.74, 6) is 0.687. The van der Waals surface area contributed by atoms with Gasteiger partial charge in [0.15, 0.2) is 0 Å². The standard InChI is InChI=1S/C6H11N5OS/c1-4-7-5(13-10-4)8-9-6(12)11(2)3/h1-3H3,(H,9,12)(H,7,8,10). The monoisotopic (exact) mass is 201 g/mol. The number of hydrogen-bond acceptors (Lipinski definition) is 5. The van der Waals surface area contributed by atoms with Gasteiger partial charge < -0.3 is 4.90 Å². The number of nitrogens with zero attached hydrogens (tertiary/aromatic N) is 3. The number of urea groups is 1. The molecule has 0 spiro atoms. The first kappa shape index (κ1) is 9.72. The van der Waals surface area contributed by atoms with E-state index in [1.54, 1.807) is 21.0 Å². The molecule has 1 aromatic heterocycles. The number of amides is 2. The van der Waals surface area contributed by atoms with Crippen molar-refractivity contribution in [2.45, 2.75) is 6.92 Å². The molecule has 1 aromatic rings. The number of aromatic nitrogens is 2. The second kappa shape index (κ2) is 4.04. The minimum atomic E-state index is -0.229. The number of aryl methyl sites for hydroxylation is 1. The zero-order chi connectivity index (χ0) is 9.84. The Labute approximate surface area is 80.1 Å². The van der Waals surface area contributed by atoms with E-state index in [2.05, 4.69) is 20.2 Å². The van der Waals surface area contributed by atoms with Crippen LogP contribution < -0.4 is 10.9 Å². The second-order valence-corrected chi connectivity index (χ2v) is 3.35. The molecule has 2 amide bonds. The van der Waals surface area contributed by atoms with E-state index in [0.717, 1.165) is 0 Å². The molecule has 0 aliphatic carbocycles. The van der Waals surface area contributed by atoms with Crippen LogP contribution in [0.15, 0.2) is 0 Å². The van der Waals surface area contributed by atoms with E-state index in [0.29, 0.717) is 11.0 Å². The first-order valence-electron chi connectivity index (χ1n) is 3.63. The second-order valence-electron chi connectivity index (χ2n) is 2.60. The van der Waals surface area contributed by atoms with Crippen molar-refractivity contribution in [2.75, 3.05) is 19.5 Å². The van der Waals surface area contributed by atoms with Crippen molar-refractivity contribution in [1.29, 1.82) is 0 Å². The van der Waals surface area contributed by atoms with Gasteiger partial charge in [0.2, 0.25) is 5.13 Å². The van der Waals surface area contributed by atoms with Gasteiger partial charge in [0.05, 0.1) is 0 Å². The van der Waals surface area contributed by atoms with E-state index in [1.807, 2.05) is 0 Å².